The van der Waals surface area contributed by atoms with E-state index in [1.54, 1.807) is 11.8 Å². The number of piperidine rings is 1. The molecule has 1 heterocycles. The molecule has 0 aliphatic carbocycles. The van der Waals surface area contributed by atoms with Gasteiger partial charge in [0.2, 0.25) is 0 Å². The normalized spacial score (nSPS) is 21.5. The second kappa shape index (κ2) is 6.61. The molecule has 0 aromatic carbocycles. The first-order valence-electron chi connectivity index (χ1n) is 6.76. The Labute approximate surface area is 109 Å². The molecule has 1 aliphatic rings. The first-order valence-corrected chi connectivity index (χ1v) is 6.76. The van der Waals surface area contributed by atoms with Gasteiger partial charge < -0.3 is 14.9 Å². The largest absolute Gasteiger partial charge is 0.481 e. The predicted octanol–water partition coefficient (Wildman–Crippen LogP) is 2.17. The fourth-order valence-electron chi connectivity index (χ4n) is 2.55. The number of hydrogen-bond acceptors (Lipinski definition) is 2. The topological polar surface area (TPSA) is 60.9 Å². The zero-order chi connectivity index (χ0) is 13.7. The molecule has 0 aromatic rings. The van der Waals surface area contributed by atoms with E-state index >= 15 is 0 Å². The summed E-state index contributed by atoms with van der Waals surface area (Å²) in [6.07, 6.45) is 3.25. The summed E-state index contributed by atoms with van der Waals surface area (Å²) in [6.45, 7) is 7.09. The summed E-state index contributed by atoms with van der Waals surface area (Å²) in [5.74, 6) is -0.861. The SMILES string of the molecule is CCN(C(=O)N1CCCCC1C)C(C)CC(=O)O. The van der Waals surface area contributed by atoms with Gasteiger partial charge >= 0.3 is 12.0 Å². The molecule has 0 bridgehead atoms. The van der Waals surface area contributed by atoms with Gasteiger partial charge in [-0.15, -0.1) is 0 Å². The van der Waals surface area contributed by atoms with Gasteiger partial charge in [0.25, 0.3) is 0 Å². The van der Waals surface area contributed by atoms with Crippen molar-refractivity contribution in [1.82, 2.24) is 9.80 Å². The van der Waals surface area contributed by atoms with E-state index in [1.165, 1.54) is 6.42 Å². The van der Waals surface area contributed by atoms with Crippen molar-refractivity contribution < 1.29 is 14.7 Å². The zero-order valence-electron chi connectivity index (χ0n) is 11.6. The van der Waals surface area contributed by atoms with Crippen molar-refractivity contribution in [3.05, 3.63) is 0 Å². The van der Waals surface area contributed by atoms with Crippen LogP contribution in [0.2, 0.25) is 0 Å². The third-order valence-corrected chi connectivity index (χ3v) is 3.64. The summed E-state index contributed by atoms with van der Waals surface area (Å²) in [6, 6.07) is -0.00935. The number of rotatable bonds is 4. The van der Waals surface area contributed by atoms with E-state index in [1.807, 2.05) is 11.8 Å². The molecule has 1 saturated heterocycles. The van der Waals surface area contributed by atoms with Gasteiger partial charge in [-0.1, -0.05) is 0 Å². The summed E-state index contributed by atoms with van der Waals surface area (Å²) < 4.78 is 0. The molecule has 1 aliphatic heterocycles. The lowest BCUT2D eigenvalue weighted by Gasteiger charge is -2.39. The number of carbonyl (C=O) groups is 2. The molecular formula is C13H24N2O3. The van der Waals surface area contributed by atoms with E-state index in [4.69, 9.17) is 5.11 Å². The number of carbonyl (C=O) groups excluding carboxylic acids is 1. The van der Waals surface area contributed by atoms with Crippen LogP contribution in [0.5, 0.6) is 0 Å². The minimum absolute atomic E-state index is 0.00179. The van der Waals surface area contributed by atoms with Crippen LogP contribution in [-0.2, 0) is 4.79 Å². The number of urea groups is 1. The minimum atomic E-state index is -0.861. The fraction of sp³-hybridized carbons (Fsp3) is 0.846. The van der Waals surface area contributed by atoms with Gasteiger partial charge in [0, 0.05) is 25.2 Å². The van der Waals surface area contributed by atoms with Gasteiger partial charge in [0.1, 0.15) is 0 Å². The molecule has 1 fully saturated rings. The lowest BCUT2D eigenvalue weighted by Crippen LogP contribution is -2.52. The van der Waals surface area contributed by atoms with Crippen molar-refractivity contribution in [3.8, 4) is 0 Å². The van der Waals surface area contributed by atoms with Crippen LogP contribution >= 0.6 is 0 Å². The highest BCUT2D eigenvalue weighted by Gasteiger charge is 2.29. The predicted molar refractivity (Wildman–Crippen MR) is 69.5 cm³/mol. The molecule has 0 radical (unpaired) electrons. The Kier molecular flexibility index (Phi) is 5.44. The molecule has 0 aromatic heterocycles. The molecule has 104 valence electrons. The Morgan fingerprint density at radius 3 is 2.61 bits per heavy atom. The Balaban J connectivity index is 2.68. The maximum Gasteiger partial charge on any atom is 0.320 e. The summed E-state index contributed by atoms with van der Waals surface area (Å²) in [7, 11) is 0. The maximum atomic E-state index is 12.4. The number of carboxylic acid groups (broad SMARTS) is 1. The van der Waals surface area contributed by atoms with Crippen LogP contribution in [-0.4, -0.2) is 52.1 Å². The third-order valence-electron chi connectivity index (χ3n) is 3.64. The lowest BCUT2D eigenvalue weighted by molar-refractivity contribution is -0.138. The van der Waals surface area contributed by atoms with Crippen molar-refractivity contribution >= 4 is 12.0 Å². The van der Waals surface area contributed by atoms with E-state index in [9.17, 15) is 9.59 Å². The van der Waals surface area contributed by atoms with Crippen LogP contribution in [0.15, 0.2) is 0 Å². The molecule has 0 spiro atoms. The van der Waals surface area contributed by atoms with Gasteiger partial charge in [-0.2, -0.15) is 0 Å². The number of carboxylic acids is 1. The van der Waals surface area contributed by atoms with E-state index in [0.29, 0.717) is 6.54 Å². The average Bonchev–Trinajstić information content (AvgIpc) is 2.29. The monoisotopic (exact) mass is 256 g/mol. The number of likely N-dealkylation sites (tertiary alicyclic amines) is 1. The van der Waals surface area contributed by atoms with E-state index in [-0.39, 0.29) is 24.5 Å². The Bertz CT molecular complexity index is 307. The minimum Gasteiger partial charge on any atom is -0.481 e. The summed E-state index contributed by atoms with van der Waals surface area (Å²) >= 11 is 0. The Morgan fingerprint density at radius 2 is 2.11 bits per heavy atom. The Morgan fingerprint density at radius 1 is 1.44 bits per heavy atom. The van der Waals surface area contributed by atoms with Crippen molar-refractivity contribution in [2.24, 2.45) is 0 Å². The number of nitrogens with zero attached hydrogens (tertiary/aromatic N) is 2. The highest BCUT2D eigenvalue weighted by Crippen LogP contribution is 2.19. The maximum absolute atomic E-state index is 12.4. The van der Waals surface area contributed by atoms with Crippen molar-refractivity contribution in [2.75, 3.05) is 13.1 Å². The molecule has 18 heavy (non-hydrogen) atoms. The number of aliphatic carboxylic acids is 1. The lowest BCUT2D eigenvalue weighted by atomic mass is 10.0. The van der Waals surface area contributed by atoms with Gasteiger partial charge in [-0.25, -0.2) is 4.79 Å². The van der Waals surface area contributed by atoms with E-state index in [2.05, 4.69) is 6.92 Å². The van der Waals surface area contributed by atoms with Gasteiger partial charge in [0.05, 0.1) is 6.42 Å². The average molecular weight is 256 g/mol. The van der Waals surface area contributed by atoms with Crippen LogP contribution in [0.1, 0.15) is 46.5 Å². The molecule has 1 rings (SSSR count). The van der Waals surface area contributed by atoms with Gasteiger partial charge in [-0.3, -0.25) is 4.79 Å². The van der Waals surface area contributed by atoms with Crippen molar-refractivity contribution in [3.63, 3.8) is 0 Å². The molecule has 2 unspecified atom stereocenters. The van der Waals surface area contributed by atoms with Crippen LogP contribution < -0.4 is 0 Å². The second-order valence-electron chi connectivity index (χ2n) is 5.05. The van der Waals surface area contributed by atoms with Crippen molar-refractivity contribution in [2.45, 2.75) is 58.5 Å². The molecule has 5 heteroatoms. The molecule has 5 nitrogen and oxygen atoms in total. The number of hydrogen-bond donors (Lipinski definition) is 1. The van der Waals surface area contributed by atoms with Gasteiger partial charge in [0.15, 0.2) is 0 Å². The summed E-state index contributed by atoms with van der Waals surface area (Å²) in [5.41, 5.74) is 0. The highest BCUT2D eigenvalue weighted by atomic mass is 16.4. The fourth-order valence-corrected chi connectivity index (χ4v) is 2.55. The van der Waals surface area contributed by atoms with Gasteiger partial charge in [-0.05, 0) is 40.0 Å². The molecule has 2 amide bonds. The smallest absolute Gasteiger partial charge is 0.320 e. The van der Waals surface area contributed by atoms with Crippen LogP contribution in [0.25, 0.3) is 0 Å². The van der Waals surface area contributed by atoms with Crippen LogP contribution in [0.3, 0.4) is 0 Å². The molecule has 2 atom stereocenters. The summed E-state index contributed by atoms with van der Waals surface area (Å²) in [5, 5.41) is 8.82. The first-order chi connectivity index (χ1) is 8.47. The third kappa shape index (κ3) is 3.62. The zero-order valence-corrected chi connectivity index (χ0v) is 11.6. The van der Waals surface area contributed by atoms with Crippen LogP contribution in [0, 0.1) is 0 Å². The number of amides is 2. The molecule has 1 N–H and O–H groups in total. The van der Waals surface area contributed by atoms with E-state index in [0.717, 1.165) is 19.4 Å². The molecule has 0 saturated carbocycles. The van der Waals surface area contributed by atoms with Crippen molar-refractivity contribution in [1.29, 1.82) is 0 Å². The quantitative estimate of drug-likeness (QED) is 0.838. The van der Waals surface area contributed by atoms with E-state index < -0.39 is 5.97 Å². The summed E-state index contributed by atoms with van der Waals surface area (Å²) in [4.78, 5) is 26.7. The first kappa shape index (κ1) is 14.8. The Hall–Kier alpha value is -1.26. The van der Waals surface area contributed by atoms with Crippen LogP contribution in [0.4, 0.5) is 4.79 Å². The second-order valence-corrected chi connectivity index (χ2v) is 5.05. The highest BCUT2D eigenvalue weighted by molar-refractivity contribution is 5.76. The standard InChI is InChI=1S/C13H24N2O3/c1-4-14(11(3)9-12(16)17)13(18)15-8-6-5-7-10(15)2/h10-11H,4-9H2,1-3H3,(H,16,17). The molecular weight excluding hydrogens is 232 g/mol.